The van der Waals surface area contributed by atoms with E-state index in [1.54, 1.807) is 0 Å². The van der Waals surface area contributed by atoms with Gasteiger partial charge in [0.15, 0.2) is 0 Å². The lowest BCUT2D eigenvalue weighted by Crippen LogP contribution is -2.35. The molecule has 1 heterocycles. The van der Waals surface area contributed by atoms with Crippen LogP contribution in [0.4, 0.5) is 18.0 Å². The Morgan fingerprint density at radius 1 is 0.957 bits per heavy atom. The quantitative estimate of drug-likeness (QED) is 0.881. The number of alkyl halides is 3. The number of benzene rings is 2. The Balaban J connectivity index is 1.78. The number of alkyl carbamates (subject to hydrolysis) is 1. The molecule has 120 valence electrons. The molecule has 23 heavy (non-hydrogen) atoms. The third-order valence-corrected chi connectivity index (χ3v) is 3.79. The first-order valence-corrected chi connectivity index (χ1v) is 7.14. The topological polar surface area (TPSA) is 38.3 Å². The van der Waals surface area contributed by atoms with Crippen molar-refractivity contribution in [1.29, 1.82) is 0 Å². The van der Waals surface area contributed by atoms with Gasteiger partial charge in [-0.25, -0.2) is 4.79 Å². The highest BCUT2D eigenvalue weighted by Crippen LogP contribution is 2.31. The van der Waals surface area contributed by atoms with Gasteiger partial charge < -0.3 is 10.1 Å². The third-order valence-electron chi connectivity index (χ3n) is 3.79. The number of rotatable bonds is 2. The van der Waals surface area contributed by atoms with Crippen LogP contribution in [0.5, 0.6) is 0 Å². The zero-order valence-electron chi connectivity index (χ0n) is 12.1. The maximum absolute atomic E-state index is 12.6. The SMILES string of the molecule is O=C1N[C@@H](c2ccc(-c3ccc(C(F)(F)F)cc3)cc2)CCO1. The summed E-state index contributed by atoms with van der Waals surface area (Å²) in [6, 6.07) is 12.3. The first-order chi connectivity index (χ1) is 10.9. The van der Waals surface area contributed by atoms with Crippen molar-refractivity contribution < 1.29 is 22.7 Å². The van der Waals surface area contributed by atoms with Gasteiger partial charge in [-0.1, -0.05) is 36.4 Å². The molecule has 1 aliphatic rings. The van der Waals surface area contributed by atoms with E-state index >= 15 is 0 Å². The zero-order chi connectivity index (χ0) is 16.4. The van der Waals surface area contributed by atoms with E-state index < -0.39 is 17.8 Å². The van der Waals surface area contributed by atoms with E-state index in [4.69, 9.17) is 4.74 Å². The molecule has 1 aliphatic heterocycles. The average Bonchev–Trinajstić information content (AvgIpc) is 2.54. The van der Waals surface area contributed by atoms with Crippen LogP contribution in [0.15, 0.2) is 48.5 Å². The summed E-state index contributed by atoms with van der Waals surface area (Å²) in [6.45, 7) is 0.372. The van der Waals surface area contributed by atoms with Crippen molar-refractivity contribution in [3.8, 4) is 11.1 Å². The lowest BCUT2D eigenvalue weighted by molar-refractivity contribution is -0.137. The molecule has 0 spiro atoms. The molecule has 0 aromatic heterocycles. The van der Waals surface area contributed by atoms with Crippen LogP contribution in [0.1, 0.15) is 23.6 Å². The lowest BCUT2D eigenvalue weighted by Gasteiger charge is -2.23. The summed E-state index contributed by atoms with van der Waals surface area (Å²) in [5, 5.41) is 2.73. The Bertz CT molecular complexity index is 693. The van der Waals surface area contributed by atoms with Crippen LogP contribution in [0, 0.1) is 0 Å². The van der Waals surface area contributed by atoms with Crippen LogP contribution in [0.2, 0.25) is 0 Å². The van der Waals surface area contributed by atoms with Gasteiger partial charge >= 0.3 is 12.3 Å². The largest absolute Gasteiger partial charge is 0.449 e. The standard InChI is InChI=1S/C17H14F3NO2/c18-17(19,20)14-7-5-12(6-8-14)11-1-3-13(4-2-11)15-9-10-23-16(22)21-15/h1-8,15H,9-10H2,(H,21,22)/t15-/m1/s1. The average molecular weight is 321 g/mol. The summed E-state index contributed by atoms with van der Waals surface area (Å²) in [6.07, 6.45) is -4.08. The van der Waals surface area contributed by atoms with Crippen molar-refractivity contribution in [2.24, 2.45) is 0 Å². The smallest absolute Gasteiger partial charge is 0.416 e. The van der Waals surface area contributed by atoms with Gasteiger partial charge in [0.1, 0.15) is 0 Å². The van der Waals surface area contributed by atoms with Crippen LogP contribution >= 0.6 is 0 Å². The highest BCUT2D eigenvalue weighted by Gasteiger charge is 2.30. The maximum atomic E-state index is 12.6. The zero-order valence-corrected chi connectivity index (χ0v) is 12.1. The number of hydrogen-bond donors (Lipinski definition) is 1. The molecule has 1 atom stereocenters. The Kier molecular flexibility index (Phi) is 3.98. The number of carbonyl (C=O) groups excluding carboxylic acids is 1. The van der Waals surface area contributed by atoms with Crippen molar-refractivity contribution in [2.45, 2.75) is 18.6 Å². The van der Waals surface area contributed by atoms with Gasteiger partial charge in [0.2, 0.25) is 0 Å². The molecule has 0 unspecified atom stereocenters. The van der Waals surface area contributed by atoms with Gasteiger partial charge in [-0.3, -0.25) is 0 Å². The summed E-state index contributed by atoms with van der Waals surface area (Å²) >= 11 is 0. The predicted octanol–water partition coefficient (Wildman–Crippen LogP) is 4.54. The van der Waals surface area contributed by atoms with Crippen LogP contribution in [-0.2, 0) is 10.9 Å². The summed E-state index contributed by atoms with van der Waals surface area (Å²) < 4.78 is 42.5. The predicted molar refractivity (Wildman–Crippen MR) is 78.7 cm³/mol. The van der Waals surface area contributed by atoms with E-state index in [2.05, 4.69) is 5.32 Å². The Morgan fingerprint density at radius 3 is 2.04 bits per heavy atom. The molecule has 1 saturated heterocycles. The van der Waals surface area contributed by atoms with Gasteiger partial charge in [-0.2, -0.15) is 13.2 Å². The number of halogens is 3. The van der Waals surface area contributed by atoms with Gasteiger partial charge in [0.25, 0.3) is 0 Å². The molecule has 0 bridgehead atoms. The van der Waals surface area contributed by atoms with E-state index in [1.165, 1.54) is 12.1 Å². The first-order valence-electron chi connectivity index (χ1n) is 7.14. The van der Waals surface area contributed by atoms with Crippen molar-refractivity contribution in [2.75, 3.05) is 6.61 Å². The van der Waals surface area contributed by atoms with Crippen molar-refractivity contribution in [1.82, 2.24) is 5.32 Å². The fourth-order valence-corrected chi connectivity index (χ4v) is 2.54. The molecule has 1 N–H and O–H groups in total. The third kappa shape index (κ3) is 3.47. The van der Waals surface area contributed by atoms with Crippen molar-refractivity contribution in [3.63, 3.8) is 0 Å². The van der Waals surface area contributed by atoms with E-state index in [1.807, 2.05) is 24.3 Å². The molecule has 0 aliphatic carbocycles. The van der Waals surface area contributed by atoms with Gasteiger partial charge in [0, 0.05) is 6.42 Å². The summed E-state index contributed by atoms with van der Waals surface area (Å²) in [4.78, 5) is 11.2. The van der Waals surface area contributed by atoms with Gasteiger partial charge in [-0.05, 0) is 28.8 Å². The summed E-state index contributed by atoms with van der Waals surface area (Å²) in [7, 11) is 0. The van der Waals surface area contributed by atoms with Crippen molar-refractivity contribution >= 4 is 6.09 Å². The van der Waals surface area contributed by atoms with Crippen LogP contribution in [-0.4, -0.2) is 12.7 Å². The maximum Gasteiger partial charge on any atom is 0.416 e. The molecule has 1 fully saturated rings. The summed E-state index contributed by atoms with van der Waals surface area (Å²) in [5.41, 5.74) is 1.81. The minimum absolute atomic E-state index is 0.0992. The lowest BCUT2D eigenvalue weighted by atomic mass is 9.98. The van der Waals surface area contributed by atoms with E-state index in [-0.39, 0.29) is 6.04 Å². The van der Waals surface area contributed by atoms with E-state index in [9.17, 15) is 18.0 Å². The fraction of sp³-hybridized carbons (Fsp3) is 0.235. The summed E-state index contributed by atoms with van der Waals surface area (Å²) in [5.74, 6) is 0. The number of carbonyl (C=O) groups is 1. The molecule has 2 aromatic carbocycles. The van der Waals surface area contributed by atoms with Crippen LogP contribution in [0.3, 0.4) is 0 Å². The molecular formula is C17H14F3NO2. The Morgan fingerprint density at radius 2 is 1.52 bits per heavy atom. The molecule has 0 radical (unpaired) electrons. The monoisotopic (exact) mass is 321 g/mol. The number of nitrogens with one attached hydrogen (secondary N) is 1. The second-order valence-corrected chi connectivity index (χ2v) is 5.32. The van der Waals surface area contributed by atoms with Crippen LogP contribution < -0.4 is 5.32 Å². The highest BCUT2D eigenvalue weighted by molar-refractivity contribution is 5.69. The van der Waals surface area contributed by atoms with Gasteiger partial charge in [-0.15, -0.1) is 0 Å². The second-order valence-electron chi connectivity index (χ2n) is 5.32. The van der Waals surface area contributed by atoms with Crippen molar-refractivity contribution in [3.05, 3.63) is 59.7 Å². The number of cyclic esters (lactones) is 1. The number of amides is 1. The number of hydrogen-bond acceptors (Lipinski definition) is 2. The van der Waals surface area contributed by atoms with Crippen LogP contribution in [0.25, 0.3) is 11.1 Å². The normalized spacial score (nSPS) is 18.2. The molecule has 2 aromatic rings. The number of ether oxygens (including phenoxy) is 1. The van der Waals surface area contributed by atoms with Gasteiger partial charge in [0.05, 0.1) is 18.2 Å². The molecular weight excluding hydrogens is 307 g/mol. The fourth-order valence-electron chi connectivity index (χ4n) is 2.54. The molecule has 0 saturated carbocycles. The molecule has 6 heteroatoms. The Hall–Kier alpha value is -2.50. The first kappa shape index (κ1) is 15.4. The second kappa shape index (κ2) is 5.95. The van der Waals surface area contributed by atoms with E-state index in [0.29, 0.717) is 18.6 Å². The van der Waals surface area contributed by atoms with E-state index in [0.717, 1.165) is 23.3 Å². The highest BCUT2D eigenvalue weighted by atomic mass is 19.4. The Labute approximate surface area is 131 Å². The minimum Gasteiger partial charge on any atom is -0.449 e. The molecule has 3 nitrogen and oxygen atoms in total. The molecule has 1 amide bonds. The molecule has 3 rings (SSSR count). The minimum atomic E-state index is -4.33.